The van der Waals surface area contributed by atoms with Gasteiger partial charge in [0.1, 0.15) is 0 Å². The minimum absolute atomic E-state index is 0.145. The van der Waals surface area contributed by atoms with Gasteiger partial charge in [0, 0.05) is 31.5 Å². The van der Waals surface area contributed by atoms with Crippen molar-refractivity contribution in [2.24, 2.45) is 5.73 Å². The number of rotatable bonds is 3. The molecule has 0 radical (unpaired) electrons. The van der Waals surface area contributed by atoms with Crippen LogP contribution < -0.4 is 10.6 Å². The van der Waals surface area contributed by atoms with Gasteiger partial charge in [0.2, 0.25) is 5.95 Å². The third-order valence-electron chi connectivity index (χ3n) is 2.70. The van der Waals surface area contributed by atoms with Crippen LogP contribution in [-0.4, -0.2) is 29.6 Å². The Morgan fingerprint density at radius 3 is 3.07 bits per heavy atom. The zero-order chi connectivity index (χ0) is 10.8. The normalized spacial score (nSPS) is 16.2. The van der Waals surface area contributed by atoms with Gasteiger partial charge in [-0.15, -0.1) is 0 Å². The van der Waals surface area contributed by atoms with E-state index in [4.69, 9.17) is 5.73 Å². The first kappa shape index (κ1) is 10.4. The third-order valence-corrected chi connectivity index (χ3v) is 2.70. The van der Waals surface area contributed by atoms with Crippen molar-refractivity contribution in [3.63, 3.8) is 0 Å². The van der Waals surface area contributed by atoms with Crippen molar-refractivity contribution in [2.75, 3.05) is 18.5 Å². The van der Waals surface area contributed by atoms with Gasteiger partial charge in [-0.25, -0.2) is 9.97 Å². The van der Waals surface area contributed by atoms with Crippen molar-refractivity contribution in [1.82, 2.24) is 9.97 Å². The molecule has 15 heavy (non-hydrogen) atoms. The van der Waals surface area contributed by atoms with E-state index in [1.165, 1.54) is 17.7 Å². The molecule has 0 amide bonds. The highest BCUT2D eigenvalue weighted by Crippen LogP contribution is 2.20. The molecule has 0 saturated carbocycles. The van der Waals surface area contributed by atoms with Crippen LogP contribution in [0.4, 0.5) is 5.95 Å². The molecule has 1 aliphatic carbocycles. The molecule has 0 aliphatic heterocycles. The molecule has 0 saturated heterocycles. The average Bonchev–Trinajstić information content (AvgIpc) is 2.62. The number of fused-ring (bicyclic) bond motifs is 1. The lowest BCUT2D eigenvalue weighted by Gasteiger charge is -2.19. The molecule has 2 N–H and O–H groups in total. The van der Waals surface area contributed by atoms with Crippen LogP contribution in [0, 0.1) is 0 Å². The fourth-order valence-electron chi connectivity index (χ4n) is 2.00. The van der Waals surface area contributed by atoms with Gasteiger partial charge >= 0.3 is 0 Å². The lowest BCUT2D eigenvalue weighted by molar-refractivity contribution is 0.702. The fourth-order valence-corrected chi connectivity index (χ4v) is 2.00. The Labute approximate surface area is 90.5 Å². The summed E-state index contributed by atoms with van der Waals surface area (Å²) in [5.41, 5.74) is 8.28. The Bertz CT molecular complexity index is 348. The molecule has 0 aromatic carbocycles. The van der Waals surface area contributed by atoms with E-state index in [-0.39, 0.29) is 6.04 Å². The lowest BCUT2D eigenvalue weighted by atomic mass is 10.3. The molecule has 4 nitrogen and oxygen atoms in total. The van der Waals surface area contributed by atoms with Gasteiger partial charge in [0.05, 0.1) is 0 Å². The number of likely N-dealkylation sites (N-methyl/N-ethyl adjacent to an activating group) is 1. The molecule has 1 atom stereocenters. The van der Waals surface area contributed by atoms with Crippen molar-refractivity contribution in [3.8, 4) is 0 Å². The van der Waals surface area contributed by atoms with Crippen LogP contribution in [0.15, 0.2) is 6.20 Å². The first-order chi connectivity index (χ1) is 7.16. The summed E-state index contributed by atoms with van der Waals surface area (Å²) in [6.07, 6.45) is 5.40. The Morgan fingerprint density at radius 2 is 2.33 bits per heavy atom. The monoisotopic (exact) mass is 206 g/mol. The van der Waals surface area contributed by atoms with E-state index in [1.807, 2.05) is 25.1 Å². The lowest BCUT2D eigenvalue weighted by Crippen LogP contribution is -2.33. The first-order valence-corrected chi connectivity index (χ1v) is 5.48. The van der Waals surface area contributed by atoms with Crippen LogP contribution in [-0.2, 0) is 12.8 Å². The average molecular weight is 206 g/mol. The van der Waals surface area contributed by atoms with Gasteiger partial charge in [-0.1, -0.05) is 0 Å². The molecule has 1 aliphatic rings. The predicted octanol–water partition coefficient (Wildman–Crippen LogP) is 0.749. The molecular formula is C11H18N4. The number of hydrogen-bond donors (Lipinski definition) is 1. The van der Waals surface area contributed by atoms with Gasteiger partial charge < -0.3 is 10.6 Å². The Kier molecular flexibility index (Phi) is 2.86. The summed E-state index contributed by atoms with van der Waals surface area (Å²) in [5, 5.41) is 0. The van der Waals surface area contributed by atoms with Crippen molar-refractivity contribution >= 4 is 5.95 Å². The summed E-state index contributed by atoms with van der Waals surface area (Å²) in [7, 11) is 1.99. The topological polar surface area (TPSA) is 55.0 Å². The van der Waals surface area contributed by atoms with Crippen molar-refractivity contribution < 1.29 is 0 Å². The molecule has 1 heterocycles. The van der Waals surface area contributed by atoms with Gasteiger partial charge in [-0.2, -0.15) is 0 Å². The zero-order valence-corrected chi connectivity index (χ0v) is 9.40. The second kappa shape index (κ2) is 4.14. The Hall–Kier alpha value is -1.16. The van der Waals surface area contributed by atoms with Crippen LogP contribution in [0.2, 0.25) is 0 Å². The molecule has 1 aromatic rings. The van der Waals surface area contributed by atoms with Gasteiger partial charge in [0.25, 0.3) is 0 Å². The van der Waals surface area contributed by atoms with E-state index in [0.717, 1.165) is 25.3 Å². The van der Waals surface area contributed by atoms with E-state index >= 15 is 0 Å². The van der Waals surface area contributed by atoms with Crippen molar-refractivity contribution in [2.45, 2.75) is 32.2 Å². The van der Waals surface area contributed by atoms with Crippen LogP contribution in [0.5, 0.6) is 0 Å². The standard InChI is InChI=1S/C11H18N4/c1-8(12)7-15(2)11-13-6-9-4-3-5-10(9)14-11/h6,8H,3-5,7,12H2,1-2H3. The number of nitrogens with zero attached hydrogens (tertiary/aromatic N) is 3. The molecule has 4 heteroatoms. The summed E-state index contributed by atoms with van der Waals surface area (Å²) in [6.45, 7) is 2.78. The molecule has 0 spiro atoms. The quantitative estimate of drug-likeness (QED) is 0.793. The fraction of sp³-hybridized carbons (Fsp3) is 0.636. The van der Waals surface area contributed by atoms with E-state index in [2.05, 4.69) is 9.97 Å². The highest BCUT2D eigenvalue weighted by molar-refractivity contribution is 5.34. The summed E-state index contributed by atoms with van der Waals surface area (Å²) in [6, 6.07) is 0.145. The van der Waals surface area contributed by atoms with Crippen molar-refractivity contribution in [1.29, 1.82) is 0 Å². The molecule has 82 valence electrons. The Morgan fingerprint density at radius 1 is 1.53 bits per heavy atom. The minimum atomic E-state index is 0.145. The maximum Gasteiger partial charge on any atom is 0.225 e. The highest BCUT2D eigenvalue weighted by Gasteiger charge is 2.15. The van der Waals surface area contributed by atoms with Crippen LogP contribution in [0.3, 0.4) is 0 Å². The van der Waals surface area contributed by atoms with E-state index in [9.17, 15) is 0 Å². The summed E-state index contributed by atoms with van der Waals surface area (Å²) in [4.78, 5) is 10.9. The largest absolute Gasteiger partial charge is 0.342 e. The van der Waals surface area contributed by atoms with E-state index in [0.29, 0.717) is 0 Å². The zero-order valence-electron chi connectivity index (χ0n) is 9.40. The highest BCUT2D eigenvalue weighted by atomic mass is 15.2. The number of nitrogens with two attached hydrogens (primary N) is 1. The first-order valence-electron chi connectivity index (χ1n) is 5.48. The molecular weight excluding hydrogens is 188 g/mol. The summed E-state index contributed by atoms with van der Waals surface area (Å²) >= 11 is 0. The van der Waals surface area contributed by atoms with Crippen LogP contribution in [0.1, 0.15) is 24.6 Å². The number of aromatic nitrogens is 2. The van der Waals surface area contributed by atoms with Gasteiger partial charge in [-0.3, -0.25) is 0 Å². The maximum absolute atomic E-state index is 5.75. The van der Waals surface area contributed by atoms with E-state index < -0.39 is 0 Å². The maximum atomic E-state index is 5.75. The van der Waals surface area contributed by atoms with Crippen LogP contribution in [0.25, 0.3) is 0 Å². The smallest absolute Gasteiger partial charge is 0.225 e. The Balaban J connectivity index is 2.15. The van der Waals surface area contributed by atoms with E-state index in [1.54, 1.807) is 0 Å². The van der Waals surface area contributed by atoms with Crippen molar-refractivity contribution in [3.05, 3.63) is 17.5 Å². The molecule has 2 rings (SSSR count). The minimum Gasteiger partial charge on any atom is -0.342 e. The summed E-state index contributed by atoms with van der Waals surface area (Å²) < 4.78 is 0. The number of anilines is 1. The molecule has 0 fully saturated rings. The number of hydrogen-bond acceptors (Lipinski definition) is 4. The third kappa shape index (κ3) is 2.26. The second-order valence-electron chi connectivity index (χ2n) is 4.35. The van der Waals surface area contributed by atoms with Gasteiger partial charge in [-0.05, 0) is 31.7 Å². The SMILES string of the molecule is CC(N)CN(C)c1ncc2c(n1)CCC2. The molecule has 1 unspecified atom stereocenters. The van der Waals surface area contributed by atoms with Crippen LogP contribution >= 0.6 is 0 Å². The summed E-state index contributed by atoms with van der Waals surface area (Å²) in [5.74, 6) is 0.799. The van der Waals surface area contributed by atoms with Gasteiger partial charge in [0.15, 0.2) is 0 Å². The second-order valence-corrected chi connectivity index (χ2v) is 4.35. The molecule has 0 bridgehead atoms. The number of aryl methyl sites for hydroxylation is 2. The molecule has 1 aromatic heterocycles. The predicted molar refractivity (Wildman–Crippen MR) is 61.0 cm³/mol.